The van der Waals surface area contributed by atoms with Gasteiger partial charge in [-0.05, 0) is 6.42 Å². The molecule has 0 unspecified atom stereocenters. The molecule has 0 radical (unpaired) electrons. The van der Waals surface area contributed by atoms with Crippen molar-refractivity contribution in [1.29, 1.82) is 0 Å². The molecule has 0 amide bonds. The summed E-state index contributed by atoms with van der Waals surface area (Å²) in [5, 5.41) is -0.242. The first kappa shape index (κ1) is 16.3. The Morgan fingerprint density at radius 3 is 2.86 bits per heavy atom. The Balaban J connectivity index is 2.18. The number of aromatic nitrogens is 2. The molecule has 0 bridgehead atoms. The highest BCUT2D eigenvalue weighted by Crippen LogP contribution is 2.43. The first-order valence-electron chi connectivity index (χ1n) is 5.68. The summed E-state index contributed by atoms with van der Waals surface area (Å²) in [5.41, 5.74) is -1.59. The van der Waals surface area contributed by atoms with Crippen LogP contribution in [-0.2, 0) is 13.8 Å². The van der Waals surface area contributed by atoms with Crippen molar-refractivity contribution in [3.63, 3.8) is 0 Å². The van der Waals surface area contributed by atoms with Crippen LogP contribution in [-0.4, -0.2) is 31.8 Å². The summed E-state index contributed by atoms with van der Waals surface area (Å²) >= 11 is 5.74. The van der Waals surface area contributed by atoms with Gasteiger partial charge in [0.05, 0.1) is 0 Å². The monoisotopic (exact) mass is 344 g/mol. The molecular formula is C9H11ClFN2O7P. The van der Waals surface area contributed by atoms with Crippen LogP contribution in [0.2, 0.25) is 5.15 Å². The maximum Gasteiger partial charge on any atom is 0.469 e. The van der Waals surface area contributed by atoms with Crippen molar-refractivity contribution in [2.45, 2.75) is 24.9 Å². The molecule has 3 N–H and O–H groups in total. The molecule has 2 heterocycles. The molecule has 21 heavy (non-hydrogen) atoms. The van der Waals surface area contributed by atoms with E-state index in [0.717, 1.165) is 10.6 Å². The number of aromatic amines is 1. The number of halogens is 2. The Bertz CT molecular complexity index is 700. The molecule has 0 spiro atoms. The third-order valence-corrected chi connectivity index (χ3v) is 3.53. The second-order valence-corrected chi connectivity index (χ2v) is 6.02. The van der Waals surface area contributed by atoms with E-state index in [0.29, 0.717) is 0 Å². The van der Waals surface area contributed by atoms with E-state index in [2.05, 4.69) is 4.52 Å². The average molecular weight is 345 g/mol. The normalized spacial score (nSPS) is 26.2. The van der Waals surface area contributed by atoms with Gasteiger partial charge in [-0.3, -0.25) is 18.9 Å². The third-order valence-electron chi connectivity index (χ3n) is 2.78. The predicted molar refractivity (Wildman–Crippen MR) is 67.5 cm³/mol. The lowest BCUT2D eigenvalue weighted by molar-refractivity contribution is -0.175. The Labute approximate surface area is 121 Å². The fourth-order valence-corrected chi connectivity index (χ4v) is 2.56. The van der Waals surface area contributed by atoms with Gasteiger partial charge in [-0.25, -0.2) is 13.8 Å². The zero-order valence-corrected chi connectivity index (χ0v) is 12.0. The van der Waals surface area contributed by atoms with E-state index in [1.54, 1.807) is 0 Å². The summed E-state index contributed by atoms with van der Waals surface area (Å²) in [6.45, 7) is -0.997. The van der Waals surface area contributed by atoms with Gasteiger partial charge in [0.15, 0.2) is 0 Å². The number of H-pyrrole nitrogens is 1. The van der Waals surface area contributed by atoms with E-state index < -0.39 is 37.8 Å². The van der Waals surface area contributed by atoms with Gasteiger partial charge in [0.1, 0.15) is 18.0 Å². The summed E-state index contributed by atoms with van der Waals surface area (Å²) in [6, 6.07) is 0.927. The smallest absolute Gasteiger partial charge is 0.320 e. The van der Waals surface area contributed by atoms with E-state index in [4.69, 9.17) is 26.1 Å². The van der Waals surface area contributed by atoms with Crippen LogP contribution in [0.1, 0.15) is 19.1 Å². The summed E-state index contributed by atoms with van der Waals surface area (Å²) in [7, 11) is -4.84. The Morgan fingerprint density at radius 2 is 2.29 bits per heavy atom. The van der Waals surface area contributed by atoms with Crippen LogP contribution < -0.4 is 11.2 Å². The van der Waals surface area contributed by atoms with Crippen LogP contribution in [0, 0.1) is 0 Å². The van der Waals surface area contributed by atoms with E-state index in [9.17, 15) is 18.5 Å². The minimum atomic E-state index is -4.84. The lowest BCUT2D eigenvalue weighted by Gasteiger charge is -2.21. The minimum absolute atomic E-state index is 0.00664. The Morgan fingerprint density at radius 1 is 1.62 bits per heavy atom. The number of nitrogens with zero attached hydrogens (tertiary/aromatic N) is 1. The maximum atomic E-state index is 14.2. The first-order valence-corrected chi connectivity index (χ1v) is 7.59. The van der Waals surface area contributed by atoms with E-state index in [1.807, 2.05) is 4.98 Å². The number of hydrogen-bond donors (Lipinski definition) is 3. The second kappa shape index (κ2) is 5.64. The molecule has 1 aromatic rings. The van der Waals surface area contributed by atoms with Crippen molar-refractivity contribution in [2.75, 3.05) is 6.61 Å². The molecule has 2 atom stereocenters. The van der Waals surface area contributed by atoms with Crippen molar-refractivity contribution in [1.82, 2.24) is 9.55 Å². The fourth-order valence-electron chi connectivity index (χ4n) is 1.91. The summed E-state index contributed by atoms with van der Waals surface area (Å²) < 4.78 is 34.6. The van der Waals surface area contributed by atoms with Gasteiger partial charge in [0.2, 0.25) is 5.85 Å². The molecule has 0 saturated carbocycles. The van der Waals surface area contributed by atoms with E-state index >= 15 is 0 Å². The van der Waals surface area contributed by atoms with Crippen molar-refractivity contribution in [2.24, 2.45) is 0 Å². The quantitative estimate of drug-likeness (QED) is 0.528. The number of alkyl halides is 1. The van der Waals surface area contributed by atoms with Crippen molar-refractivity contribution in [3.8, 4) is 0 Å². The molecule has 1 aliphatic rings. The van der Waals surface area contributed by atoms with Crippen molar-refractivity contribution < 1.29 is 28.0 Å². The molecule has 1 aliphatic heterocycles. The number of phosphoric acid groups is 1. The van der Waals surface area contributed by atoms with Crippen LogP contribution >= 0.6 is 19.4 Å². The number of rotatable bonds is 4. The highest BCUT2D eigenvalue weighted by atomic mass is 35.5. The van der Waals surface area contributed by atoms with Gasteiger partial charge in [0, 0.05) is 12.5 Å². The molecule has 1 fully saturated rings. The molecule has 0 aromatic carbocycles. The molecule has 1 aromatic heterocycles. The van der Waals surface area contributed by atoms with E-state index in [-0.39, 0.29) is 18.0 Å². The second-order valence-electron chi connectivity index (χ2n) is 4.39. The highest BCUT2D eigenvalue weighted by molar-refractivity contribution is 7.46. The molecule has 2 rings (SSSR count). The van der Waals surface area contributed by atoms with Gasteiger partial charge in [0.25, 0.3) is 5.56 Å². The van der Waals surface area contributed by atoms with E-state index in [1.165, 1.54) is 0 Å². The van der Waals surface area contributed by atoms with Crippen LogP contribution in [0.15, 0.2) is 15.7 Å². The van der Waals surface area contributed by atoms with Gasteiger partial charge in [-0.1, -0.05) is 11.6 Å². The largest absolute Gasteiger partial charge is 0.469 e. The number of hydrogen-bond acceptors (Lipinski definition) is 5. The SMILES string of the molecule is O=c1cc(Cl)n([C@H]2CC[C@@](F)(COP(=O)(O)O)O2)c(=O)[nH]1. The van der Waals surface area contributed by atoms with Crippen molar-refractivity contribution >= 4 is 19.4 Å². The topological polar surface area (TPSA) is 131 Å². The van der Waals surface area contributed by atoms with Crippen molar-refractivity contribution in [3.05, 3.63) is 32.1 Å². The molecule has 1 saturated heterocycles. The van der Waals surface area contributed by atoms with Crippen LogP contribution in [0.3, 0.4) is 0 Å². The number of ether oxygens (including phenoxy) is 1. The number of phosphoric ester groups is 1. The zero-order chi connectivity index (χ0) is 15.8. The molecule has 12 heteroatoms. The summed E-state index contributed by atoms with van der Waals surface area (Å²) in [4.78, 5) is 41.7. The van der Waals surface area contributed by atoms with Gasteiger partial charge < -0.3 is 14.5 Å². The summed E-state index contributed by atoms with van der Waals surface area (Å²) in [5.74, 6) is -2.47. The predicted octanol–water partition coefficient (Wildman–Crippen LogP) is 0.274. The molecule has 118 valence electrons. The average Bonchev–Trinajstić information content (AvgIpc) is 2.68. The number of nitrogens with one attached hydrogen (secondary N) is 1. The van der Waals surface area contributed by atoms with Gasteiger partial charge in [-0.15, -0.1) is 0 Å². The highest BCUT2D eigenvalue weighted by Gasteiger charge is 2.44. The maximum absolute atomic E-state index is 14.2. The Kier molecular flexibility index (Phi) is 4.39. The lowest BCUT2D eigenvalue weighted by Crippen LogP contribution is -2.35. The lowest BCUT2D eigenvalue weighted by atomic mass is 10.2. The molecule has 0 aliphatic carbocycles. The molecular weight excluding hydrogens is 334 g/mol. The fraction of sp³-hybridized carbons (Fsp3) is 0.556. The van der Waals surface area contributed by atoms with Crippen LogP contribution in [0.4, 0.5) is 4.39 Å². The first-order chi connectivity index (χ1) is 9.60. The Hall–Kier alpha value is -1.03. The zero-order valence-electron chi connectivity index (χ0n) is 10.4. The van der Waals surface area contributed by atoms with Crippen LogP contribution in [0.25, 0.3) is 0 Å². The summed E-state index contributed by atoms with van der Waals surface area (Å²) in [6.07, 6.45) is -1.38. The van der Waals surface area contributed by atoms with Gasteiger partial charge in [-0.2, -0.15) is 0 Å². The minimum Gasteiger partial charge on any atom is -0.320 e. The third kappa shape index (κ3) is 4.00. The standard InChI is InChI=1S/C9H11ClFN2O7P/c10-5-3-6(14)12-8(15)13(5)7-1-2-9(11,20-7)4-19-21(16,17)18/h3,7H,1-2,4H2,(H,12,14,15)(H2,16,17,18)/t7-,9+/m1/s1. The van der Waals surface area contributed by atoms with Gasteiger partial charge >= 0.3 is 13.5 Å². The van der Waals surface area contributed by atoms with Crippen LogP contribution in [0.5, 0.6) is 0 Å². The molecule has 9 nitrogen and oxygen atoms in total.